The van der Waals surface area contributed by atoms with E-state index in [1.165, 1.54) is 31.3 Å². The van der Waals surface area contributed by atoms with Crippen molar-refractivity contribution >= 4 is 21.6 Å². The summed E-state index contributed by atoms with van der Waals surface area (Å²) < 4.78 is 43.3. The molecule has 0 unspecified atom stereocenters. The molecular weight excluding hydrogens is 287 g/mol. The van der Waals surface area contributed by atoms with Crippen molar-refractivity contribution in [2.75, 3.05) is 12.4 Å². The van der Waals surface area contributed by atoms with E-state index in [-0.39, 0.29) is 11.4 Å². The molecule has 0 aliphatic carbocycles. The Morgan fingerprint density at radius 1 is 1.20 bits per heavy atom. The molecule has 1 aromatic carbocycles. The molecule has 0 atom stereocenters. The number of hydrogen-bond acceptors (Lipinski definition) is 4. The van der Waals surface area contributed by atoms with E-state index < -0.39 is 26.8 Å². The second kappa shape index (κ2) is 5.43. The fourth-order valence-electron chi connectivity index (χ4n) is 1.43. The Morgan fingerprint density at radius 2 is 1.90 bits per heavy atom. The summed E-state index contributed by atoms with van der Waals surface area (Å²) in [4.78, 5) is 11.8. The minimum absolute atomic E-state index is 0.0214. The third-order valence-corrected chi connectivity index (χ3v) is 3.75. The molecule has 0 fully saturated rings. The van der Waals surface area contributed by atoms with E-state index in [9.17, 15) is 17.6 Å². The van der Waals surface area contributed by atoms with Gasteiger partial charge in [0, 0.05) is 0 Å². The van der Waals surface area contributed by atoms with Crippen LogP contribution in [0.15, 0.2) is 45.9 Å². The zero-order valence-electron chi connectivity index (χ0n) is 10.4. The normalized spacial score (nSPS) is 11.3. The zero-order valence-corrected chi connectivity index (χ0v) is 11.2. The lowest BCUT2D eigenvalue weighted by atomic mass is 10.3. The molecule has 0 saturated carbocycles. The second-order valence-electron chi connectivity index (χ2n) is 3.76. The summed E-state index contributed by atoms with van der Waals surface area (Å²) in [5.74, 6) is -1.58. The number of benzene rings is 1. The minimum atomic E-state index is -3.76. The lowest BCUT2D eigenvalue weighted by Gasteiger charge is -2.03. The quantitative estimate of drug-likeness (QED) is 0.897. The van der Waals surface area contributed by atoms with Gasteiger partial charge in [-0.1, -0.05) is 12.1 Å². The van der Waals surface area contributed by atoms with E-state index in [1.807, 2.05) is 0 Å². The van der Waals surface area contributed by atoms with Crippen LogP contribution >= 0.6 is 0 Å². The Hall–Kier alpha value is -2.19. The second-order valence-corrected chi connectivity index (χ2v) is 5.58. The van der Waals surface area contributed by atoms with E-state index in [0.29, 0.717) is 0 Å². The van der Waals surface area contributed by atoms with Gasteiger partial charge in [0.15, 0.2) is 5.76 Å². The highest BCUT2D eigenvalue weighted by Gasteiger charge is 2.20. The molecule has 0 radical (unpaired) electrons. The third-order valence-electron chi connectivity index (χ3n) is 2.46. The molecule has 8 heteroatoms. The topological polar surface area (TPSA) is 88.4 Å². The lowest BCUT2D eigenvalue weighted by molar-refractivity contribution is 0.0991. The fraction of sp³-hybridized carbons (Fsp3) is 0.0833. The van der Waals surface area contributed by atoms with Crippen LogP contribution in [-0.2, 0) is 10.0 Å². The van der Waals surface area contributed by atoms with Gasteiger partial charge in [-0.15, -0.1) is 0 Å². The smallest absolute Gasteiger partial charge is 0.291 e. The van der Waals surface area contributed by atoms with Crippen LogP contribution < -0.4 is 10.0 Å². The molecule has 2 aromatic rings. The van der Waals surface area contributed by atoms with Gasteiger partial charge >= 0.3 is 0 Å². The maximum Gasteiger partial charge on any atom is 0.291 e. The Balaban J connectivity index is 2.21. The summed E-state index contributed by atoms with van der Waals surface area (Å²) in [6.07, 6.45) is 0. The molecular formula is C12H11FN2O4S. The number of nitrogens with one attached hydrogen (secondary N) is 2. The number of halogens is 1. The standard InChI is InChI=1S/C12H11FN2O4S/c1-14-20(17,18)11-7-6-10(19-11)12(16)15-9-5-3-2-4-8(9)13/h2-7,14H,1H3,(H,15,16). The number of anilines is 1. The number of sulfonamides is 1. The summed E-state index contributed by atoms with van der Waals surface area (Å²) in [5, 5.41) is 1.90. The van der Waals surface area contributed by atoms with Crippen molar-refractivity contribution in [3.63, 3.8) is 0 Å². The largest absolute Gasteiger partial charge is 0.438 e. The molecule has 2 rings (SSSR count). The van der Waals surface area contributed by atoms with Crippen molar-refractivity contribution in [1.82, 2.24) is 4.72 Å². The van der Waals surface area contributed by atoms with Gasteiger partial charge in [-0.3, -0.25) is 4.79 Å². The average molecular weight is 298 g/mol. The van der Waals surface area contributed by atoms with Gasteiger partial charge in [0.2, 0.25) is 5.09 Å². The predicted octanol–water partition coefficient (Wildman–Crippen LogP) is 1.58. The number of carbonyl (C=O) groups excluding carboxylic acids is 1. The van der Waals surface area contributed by atoms with Crippen molar-refractivity contribution in [2.45, 2.75) is 5.09 Å². The third kappa shape index (κ3) is 2.86. The van der Waals surface area contributed by atoms with Crippen LogP contribution in [0.5, 0.6) is 0 Å². The van der Waals surface area contributed by atoms with Crippen LogP contribution in [0.1, 0.15) is 10.6 Å². The van der Waals surface area contributed by atoms with Crippen molar-refractivity contribution in [2.24, 2.45) is 0 Å². The molecule has 1 amide bonds. The average Bonchev–Trinajstić information content (AvgIpc) is 2.92. The summed E-state index contributed by atoms with van der Waals surface area (Å²) in [5.41, 5.74) is -0.0214. The Labute approximate surface area is 114 Å². The first-order valence-electron chi connectivity index (χ1n) is 5.53. The number of hydrogen-bond donors (Lipinski definition) is 2. The Kier molecular flexibility index (Phi) is 3.86. The predicted molar refractivity (Wildman–Crippen MR) is 69.3 cm³/mol. The summed E-state index contributed by atoms with van der Waals surface area (Å²) in [7, 11) is -2.54. The van der Waals surface area contributed by atoms with Crippen LogP contribution in [-0.4, -0.2) is 21.4 Å². The fourth-order valence-corrected chi connectivity index (χ4v) is 2.08. The van der Waals surface area contributed by atoms with E-state index >= 15 is 0 Å². The summed E-state index contributed by atoms with van der Waals surface area (Å²) in [6.45, 7) is 0. The van der Waals surface area contributed by atoms with Gasteiger partial charge in [0.05, 0.1) is 5.69 Å². The molecule has 6 nitrogen and oxygen atoms in total. The molecule has 0 saturated heterocycles. The van der Waals surface area contributed by atoms with Gasteiger partial charge in [0.1, 0.15) is 5.82 Å². The van der Waals surface area contributed by atoms with Crippen LogP contribution in [0, 0.1) is 5.82 Å². The van der Waals surface area contributed by atoms with Crippen LogP contribution in [0.25, 0.3) is 0 Å². The number of carbonyl (C=O) groups is 1. The molecule has 106 valence electrons. The molecule has 1 heterocycles. The molecule has 1 aromatic heterocycles. The Morgan fingerprint density at radius 3 is 2.55 bits per heavy atom. The molecule has 0 aliphatic rings. The van der Waals surface area contributed by atoms with Gasteiger partial charge in [-0.2, -0.15) is 0 Å². The van der Waals surface area contributed by atoms with Crippen molar-refractivity contribution in [1.29, 1.82) is 0 Å². The van der Waals surface area contributed by atoms with E-state index in [0.717, 1.165) is 6.07 Å². The number of amides is 1. The maximum atomic E-state index is 13.4. The van der Waals surface area contributed by atoms with E-state index in [2.05, 4.69) is 10.0 Å². The van der Waals surface area contributed by atoms with Gasteiger partial charge in [0.25, 0.3) is 15.9 Å². The highest BCUT2D eigenvalue weighted by molar-refractivity contribution is 7.89. The molecule has 2 N–H and O–H groups in total. The summed E-state index contributed by atoms with van der Waals surface area (Å²) >= 11 is 0. The van der Waals surface area contributed by atoms with Crippen LogP contribution in [0.4, 0.5) is 10.1 Å². The van der Waals surface area contributed by atoms with Crippen molar-refractivity contribution < 1.29 is 22.0 Å². The molecule has 20 heavy (non-hydrogen) atoms. The van der Waals surface area contributed by atoms with E-state index in [1.54, 1.807) is 6.07 Å². The first-order chi connectivity index (χ1) is 9.44. The van der Waals surface area contributed by atoms with Crippen LogP contribution in [0.2, 0.25) is 0 Å². The molecule has 0 aliphatic heterocycles. The van der Waals surface area contributed by atoms with Crippen molar-refractivity contribution in [3.05, 3.63) is 48.0 Å². The highest BCUT2D eigenvalue weighted by Crippen LogP contribution is 2.17. The zero-order chi connectivity index (χ0) is 14.8. The molecule has 0 bridgehead atoms. The Bertz CT molecular complexity index is 739. The number of rotatable bonds is 4. The van der Waals surface area contributed by atoms with Crippen molar-refractivity contribution in [3.8, 4) is 0 Å². The minimum Gasteiger partial charge on any atom is -0.438 e. The lowest BCUT2D eigenvalue weighted by Crippen LogP contribution is -2.18. The van der Waals surface area contributed by atoms with Gasteiger partial charge in [-0.05, 0) is 31.3 Å². The van der Waals surface area contributed by atoms with E-state index in [4.69, 9.17) is 4.42 Å². The molecule has 0 spiro atoms. The SMILES string of the molecule is CNS(=O)(=O)c1ccc(C(=O)Nc2ccccc2F)o1. The number of para-hydroxylation sites is 1. The summed E-state index contributed by atoms with van der Waals surface area (Å²) in [6, 6.07) is 7.94. The van der Waals surface area contributed by atoms with Crippen LogP contribution in [0.3, 0.4) is 0 Å². The first-order valence-corrected chi connectivity index (χ1v) is 7.01. The monoisotopic (exact) mass is 298 g/mol. The van der Waals surface area contributed by atoms with Gasteiger partial charge in [-0.25, -0.2) is 17.5 Å². The number of furan rings is 1. The highest BCUT2D eigenvalue weighted by atomic mass is 32.2. The maximum absolute atomic E-state index is 13.4. The van der Waals surface area contributed by atoms with Gasteiger partial charge < -0.3 is 9.73 Å². The first kappa shape index (κ1) is 14.2.